The molecule has 1 aromatic rings. The van der Waals surface area contributed by atoms with Gasteiger partial charge in [0, 0.05) is 25.3 Å². The fraction of sp³-hybridized carbons (Fsp3) is 0.667. The Hall–Kier alpha value is -1.36. The normalized spacial score (nSPS) is 23.9. The Morgan fingerprint density at radius 2 is 2.47 bits per heavy atom. The highest BCUT2D eigenvalue weighted by molar-refractivity contribution is 5.92. The van der Waals surface area contributed by atoms with Gasteiger partial charge >= 0.3 is 0 Å². The number of hydrogen-bond donors (Lipinski definition) is 2. The summed E-state index contributed by atoms with van der Waals surface area (Å²) in [6.07, 6.45) is 6.76. The third-order valence-electron chi connectivity index (χ3n) is 3.28. The van der Waals surface area contributed by atoms with Crippen LogP contribution in [0, 0.1) is 5.92 Å². The molecule has 1 amide bonds. The second kappa shape index (κ2) is 5.31. The second-order valence-electron chi connectivity index (χ2n) is 4.87. The lowest BCUT2D eigenvalue weighted by Crippen LogP contribution is -2.33. The van der Waals surface area contributed by atoms with E-state index in [1.807, 2.05) is 4.57 Å². The maximum absolute atomic E-state index is 11.9. The van der Waals surface area contributed by atoms with E-state index in [4.69, 9.17) is 5.73 Å². The van der Waals surface area contributed by atoms with Crippen molar-refractivity contribution in [2.24, 2.45) is 11.7 Å². The van der Waals surface area contributed by atoms with Crippen LogP contribution in [-0.4, -0.2) is 28.0 Å². The molecule has 5 heteroatoms. The monoisotopic (exact) mass is 236 g/mol. The fourth-order valence-electron chi connectivity index (χ4n) is 2.35. The number of nitrogens with two attached hydrogens (primary N) is 1. The molecule has 1 aliphatic rings. The summed E-state index contributed by atoms with van der Waals surface area (Å²) < 4.78 is 1.84. The van der Waals surface area contributed by atoms with Gasteiger partial charge in [0.1, 0.15) is 5.69 Å². The van der Waals surface area contributed by atoms with Crippen molar-refractivity contribution in [1.82, 2.24) is 14.9 Å². The van der Waals surface area contributed by atoms with Crippen molar-refractivity contribution in [3.05, 3.63) is 18.2 Å². The van der Waals surface area contributed by atoms with Crippen LogP contribution in [0.15, 0.2) is 12.5 Å². The highest BCUT2D eigenvalue weighted by Gasteiger charge is 2.23. The second-order valence-corrected chi connectivity index (χ2v) is 4.87. The Balaban J connectivity index is 1.90. The van der Waals surface area contributed by atoms with Crippen LogP contribution < -0.4 is 11.1 Å². The van der Waals surface area contributed by atoms with Gasteiger partial charge in [-0.2, -0.15) is 0 Å². The van der Waals surface area contributed by atoms with E-state index in [0.717, 1.165) is 18.8 Å². The predicted octanol–water partition coefficient (Wildman–Crippen LogP) is 0.760. The summed E-state index contributed by atoms with van der Waals surface area (Å²) >= 11 is 0. The predicted molar refractivity (Wildman–Crippen MR) is 65.6 cm³/mol. The first kappa shape index (κ1) is 12.1. The lowest BCUT2D eigenvalue weighted by molar-refractivity contribution is 0.0932. The first-order valence-corrected chi connectivity index (χ1v) is 6.21. The number of hydrogen-bond acceptors (Lipinski definition) is 3. The van der Waals surface area contributed by atoms with Crippen LogP contribution in [0.3, 0.4) is 0 Å². The SMILES string of the molecule is CC1CCC(NC(=O)c2cn(CCN)cn2)C1. The van der Waals surface area contributed by atoms with Crippen LogP contribution in [-0.2, 0) is 6.54 Å². The molecule has 17 heavy (non-hydrogen) atoms. The van der Waals surface area contributed by atoms with E-state index >= 15 is 0 Å². The topological polar surface area (TPSA) is 72.9 Å². The smallest absolute Gasteiger partial charge is 0.271 e. The van der Waals surface area contributed by atoms with Crippen LogP contribution in [0.4, 0.5) is 0 Å². The molecule has 0 saturated heterocycles. The van der Waals surface area contributed by atoms with Gasteiger partial charge in [0.15, 0.2) is 0 Å². The summed E-state index contributed by atoms with van der Waals surface area (Å²) in [4.78, 5) is 16.0. The Bertz CT molecular complexity index is 388. The lowest BCUT2D eigenvalue weighted by Gasteiger charge is -2.10. The third-order valence-corrected chi connectivity index (χ3v) is 3.28. The van der Waals surface area contributed by atoms with Gasteiger partial charge in [0.2, 0.25) is 0 Å². The molecular weight excluding hydrogens is 216 g/mol. The van der Waals surface area contributed by atoms with Crippen molar-refractivity contribution in [2.75, 3.05) is 6.54 Å². The summed E-state index contributed by atoms with van der Waals surface area (Å²) in [5.41, 5.74) is 5.93. The largest absolute Gasteiger partial charge is 0.348 e. The van der Waals surface area contributed by atoms with Gasteiger partial charge in [-0.15, -0.1) is 0 Å². The number of nitrogens with one attached hydrogen (secondary N) is 1. The highest BCUT2D eigenvalue weighted by Crippen LogP contribution is 2.24. The highest BCUT2D eigenvalue weighted by atomic mass is 16.2. The molecular formula is C12H20N4O. The molecule has 0 spiro atoms. The van der Waals surface area contributed by atoms with E-state index in [0.29, 0.717) is 24.8 Å². The summed E-state index contributed by atoms with van der Waals surface area (Å²) in [5, 5.41) is 3.03. The molecule has 1 fully saturated rings. The number of amides is 1. The summed E-state index contributed by atoms with van der Waals surface area (Å²) in [5.74, 6) is 0.648. The van der Waals surface area contributed by atoms with Crippen molar-refractivity contribution >= 4 is 5.91 Å². The van der Waals surface area contributed by atoms with Crippen LogP contribution in [0.1, 0.15) is 36.7 Å². The molecule has 0 bridgehead atoms. The molecule has 0 radical (unpaired) electrons. The third kappa shape index (κ3) is 3.06. The molecule has 2 unspecified atom stereocenters. The van der Waals surface area contributed by atoms with Gasteiger partial charge in [-0.1, -0.05) is 6.92 Å². The van der Waals surface area contributed by atoms with Crippen LogP contribution in [0.2, 0.25) is 0 Å². The number of rotatable bonds is 4. The molecule has 2 rings (SSSR count). The van der Waals surface area contributed by atoms with Gasteiger partial charge in [-0.25, -0.2) is 4.98 Å². The first-order valence-electron chi connectivity index (χ1n) is 6.21. The number of carbonyl (C=O) groups excluding carboxylic acids is 1. The fourth-order valence-corrected chi connectivity index (χ4v) is 2.35. The van der Waals surface area contributed by atoms with E-state index in [2.05, 4.69) is 17.2 Å². The maximum atomic E-state index is 11.9. The van der Waals surface area contributed by atoms with Crippen LogP contribution in [0.5, 0.6) is 0 Å². The van der Waals surface area contributed by atoms with Crippen molar-refractivity contribution < 1.29 is 4.79 Å². The maximum Gasteiger partial charge on any atom is 0.271 e. The Morgan fingerprint density at radius 1 is 1.65 bits per heavy atom. The van der Waals surface area contributed by atoms with Gasteiger partial charge in [-0.3, -0.25) is 4.79 Å². The minimum Gasteiger partial charge on any atom is -0.348 e. The van der Waals surface area contributed by atoms with E-state index in [1.165, 1.54) is 6.42 Å². The molecule has 1 heterocycles. The molecule has 0 aliphatic heterocycles. The van der Waals surface area contributed by atoms with E-state index in [1.54, 1.807) is 12.5 Å². The summed E-state index contributed by atoms with van der Waals surface area (Å²) in [6, 6.07) is 0.317. The zero-order valence-corrected chi connectivity index (χ0v) is 10.2. The Morgan fingerprint density at radius 3 is 3.12 bits per heavy atom. The quantitative estimate of drug-likeness (QED) is 0.810. The van der Waals surface area contributed by atoms with Crippen molar-refractivity contribution in [3.8, 4) is 0 Å². The zero-order chi connectivity index (χ0) is 12.3. The summed E-state index contributed by atoms with van der Waals surface area (Å²) in [6.45, 7) is 3.47. The van der Waals surface area contributed by atoms with Gasteiger partial charge < -0.3 is 15.6 Å². The lowest BCUT2D eigenvalue weighted by atomic mass is 10.1. The zero-order valence-electron chi connectivity index (χ0n) is 10.2. The number of nitrogens with zero attached hydrogens (tertiary/aromatic N) is 2. The minimum atomic E-state index is -0.0696. The van der Waals surface area contributed by atoms with Gasteiger partial charge in [-0.05, 0) is 25.2 Å². The average Bonchev–Trinajstić information content (AvgIpc) is 2.88. The van der Waals surface area contributed by atoms with Gasteiger partial charge in [0.25, 0.3) is 5.91 Å². The number of aromatic nitrogens is 2. The molecule has 94 valence electrons. The van der Waals surface area contributed by atoms with E-state index in [-0.39, 0.29) is 5.91 Å². The van der Waals surface area contributed by atoms with Crippen LogP contribution in [0.25, 0.3) is 0 Å². The van der Waals surface area contributed by atoms with Crippen LogP contribution >= 0.6 is 0 Å². The molecule has 5 nitrogen and oxygen atoms in total. The molecule has 3 N–H and O–H groups in total. The number of imidazole rings is 1. The molecule has 1 saturated carbocycles. The van der Waals surface area contributed by atoms with Crippen molar-refractivity contribution in [2.45, 2.75) is 38.8 Å². The molecule has 1 aromatic heterocycles. The molecule has 1 aliphatic carbocycles. The van der Waals surface area contributed by atoms with E-state index in [9.17, 15) is 4.79 Å². The Labute approximate surface area is 101 Å². The minimum absolute atomic E-state index is 0.0696. The summed E-state index contributed by atoms with van der Waals surface area (Å²) in [7, 11) is 0. The van der Waals surface area contributed by atoms with Gasteiger partial charge in [0.05, 0.1) is 6.33 Å². The first-order chi connectivity index (χ1) is 8.19. The number of carbonyl (C=O) groups is 1. The molecule has 0 aromatic carbocycles. The average molecular weight is 236 g/mol. The molecule has 2 atom stereocenters. The van der Waals surface area contributed by atoms with E-state index < -0.39 is 0 Å². The Kier molecular flexibility index (Phi) is 3.78. The standard InChI is InChI=1S/C12H20N4O/c1-9-2-3-10(6-9)15-12(17)11-7-16(5-4-13)8-14-11/h7-10H,2-6,13H2,1H3,(H,15,17). The van der Waals surface area contributed by atoms with Crippen molar-refractivity contribution in [3.63, 3.8) is 0 Å². The van der Waals surface area contributed by atoms with Crippen molar-refractivity contribution in [1.29, 1.82) is 0 Å².